The van der Waals surface area contributed by atoms with Crippen LogP contribution >= 0.6 is 0 Å². The first-order valence-electron chi connectivity index (χ1n) is 8.92. The monoisotopic (exact) mass is 339 g/mol. The molecule has 1 atom stereocenters. The molecule has 2 rings (SSSR count). The molecule has 136 valence electrons. The second-order valence-electron chi connectivity index (χ2n) is 7.01. The fourth-order valence-electron chi connectivity index (χ4n) is 3.09. The van der Waals surface area contributed by atoms with E-state index in [1.807, 2.05) is 13.8 Å². The Kier molecular flexibility index (Phi) is 7.02. The second-order valence-corrected chi connectivity index (χ2v) is 7.01. The number of carbonyl (C=O) groups excluding carboxylic acids is 3. The van der Waals surface area contributed by atoms with Gasteiger partial charge in [0.15, 0.2) is 0 Å². The van der Waals surface area contributed by atoms with E-state index in [1.165, 1.54) is 6.42 Å². The average Bonchev–Trinajstić information content (AvgIpc) is 2.55. The van der Waals surface area contributed by atoms with Gasteiger partial charge in [-0.3, -0.25) is 19.3 Å². The number of piperidine rings is 1. The highest BCUT2D eigenvalue weighted by atomic mass is 16.5. The van der Waals surface area contributed by atoms with Crippen molar-refractivity contribution in [3.63, 3.8) is 0 Å². The van der Waals surface area contributed by atoms with Gasteiger partial charge in [-0.05, 0) is 31.8 Å². The predicted molar refractivity (Wildman–Crippen MR) is 89.2 cm³/mol. The molecule has 0 aromatic carbocycles. The lowest BCUT2D eigenvalue weighted by Gasteiger charge is -2.36. The predicted octanol–water partition coefficient (Wildman–Crippen LogP) is 0.389. The van der Waals surface area contributed by atoms with E-state index >= 15 is 0 Å². The van der Waals surface area contributed by atoms with Crippen molar-refractivity contribution in [1.29, 1.82) is 0 Å². The summed E-state index contributed by atoms with van der Waals surface area (Å²) in [5.41, 5.74) is 0. The molecule has 2 aliphatic rings. The molecule has 1 unspecified atom stereocenters. The lowest BCUT2D eigenvalue weighted by atomic mass is 10.1. The van der Waals surface area contributed by atoms with Crippen LogP contribution in [0.15, 0.2) is 0 Å². The Morgan fingerprint density at radius 2 is 1.92 bits per heavy atom. The zero-order valence-corrected chi connectivity index (χ0v) is 14.8. The number of esters is 1. The third-order valence-corrected chi connectivity index (χ3v) is 4.40. The Bertz CT molecular complexity index is 461. The maximum absolute atomic E-state index is 12.6. The van der Waals surface area contributed by atoms with Gasteiger partial charge in [-0.15, -0.1) is 0 Å². The lowest BCUT2D eigenvalue weighted by molar-refractivity contribution is -0.152. The number of rotatable bonds is 6. The molecule has 0 radical (unpaired) electrons. The quantitative estimate of drug-likeness (QED) is 0.708. The van der Waals surface area contributed by atoms with Crippen LogP contribution in [-0.2, 0) is 19.1 Å². The first kappa shape index (κ1) is 18.7. The molecule has 7 nitrogen and oxygen atoms in total. The van der Waals surface area contributed by atoms with Gasteiger partial charge < -0.3 is 15.0 Å². The Morgan fingerprint density at radius 3 is 2.58 bits per heavy atom. The van der Waals surface area contributed by atoms with Gasteiger partial charge in [0.05, 0.1) is 19.6 Å². The summed E-state index contributed by atoms with van der Waals surface area (Å²) in [7, 11) is 0. The van der Waals surface area contributed by atoms with E-state index in [0.29, 0.717) is 26.2 Å². The van der Waals surface area contributed by atoms with E-state index in [9.17, 15) is 14.4 Å². The molecule has 0 spiro atoms. The maximum atomic E-state index is 12.6. The smallest absolute Gasteiger partial charge is 0.308 e. The second kappa shape index (κ2) is 9.01. The van der Waals surface area contributed by atoms with Crippen LogP contribution < -0.4 is 5.32 Å². The van der Waals surface area contributed by atoms with Crippen molar-refractivity contribution in [1.82, 2.24) is 15.1 Å². The minimum atomic E-state index is -0.754. The topological polar surface area (TPSA) is 79.0 Å². The zero-order valence-electron chi connectivity index (χ0n) is 14.8. The van der Waals surface area contributed by atoms with E-state index < -0.39 is 12.0 Å². The van der Waals surface area contributed by atoms with E-state index in [-0.39, 0.29) is 24.2 Å². The van der Waals surface area contributed by atoms with Crippen molar-refractivity contribution < 1.29 is 19.1 Å². The number of likely N-dealkylation sites (tertiary alicyclic amines) is 1. The highest BCUT2D eigenvalue weighted by Crippen LogP contribution is 2.14. The summed E-state index contributed by atoms with van der Waals surface area (Å²) in [6, 6.07) is -0.754. The van der Waals surface area contributed by atoms with Gasteiger partial charge in [0.25, 0.3) is 0 Å². The number of nitrogens with zero attached hydrogens (tertiary/aromatic N) is 2. The Balaban J connectivity index is 1.93. The minimum absolute atomic E-state index is 0.0755. The Labute approximate surface area is 143 Å². The van der Waals surface area contributed by atoms with E-state index in [2.05, 4.69) is 10.2 Å². The minimum Gasteiger partial charge on any atom is -0.465 e. The summed E-state index contributed by atoms with van der Waals surface area (Å²) in [5.74, 6) is -0.532. The van der Waals surface area contributed by atoms with Crippen LogP contribution in [0.3, 0.4) is 0 Å². The highest BCUT2D eigenvalue weighted by molar-refractivity contribution is 5.92. The normalized spacial score (nSPS) is 22.4. The summed E-state index contributed by atoms with van der Waals surface area (Å²) in [5, 5.41) is 2.74. The fraction of sp³-hybridized carbons (Fsp3) is 0.824. The van der Waals surface area contributed by atoms with Gasteiger partial charge in [-0.1, -0.05) is 20.3 Å². The molecule has 2 saturated heterocycles. The molecule has 0 aromatic heterocycles. The number of nitrogens with one attached hydrogen (secondary N) is 1. The van der Waals surface area contributed by atoms with Crippen molar-refractivity contribution in [3.8, 4) is 0 Å². The van der Waals surface area contributed by atoms with Crippen molar-refractivity contribution in [3.05, 3.63) is 0 Å². The van der Waals surface area contributed by atoms with Crippen LogP contribution in [-0.4, -0.2) is 73.0 Å². The number of amides is 2. The average molecular weight is 339 g/mol. The van der Waals surface area contributed by atoms with Crippen molar-refractivity contribution in [2.24, 2.45) is 5.92 Å². The number of carbonyl (C=O) groups is 3. The third-order valence-electron chi connectivity index (χ3n) is 4.40. The van der Waals surface area contributed by atoms with Crippen molar-refractivity contribution in [2.45, 2.75) is 45.6 Å². The van der Waals surface area contributed by atoms with Gasteiger partial charge in [-0.25, -0.2) is 0 Å². The van der Waals surface area contributed by atoms with Crippen LogP contribution in [0.2, 0.25) is 0 Å². The molecular weight excluding hydrogens is 310 g/mol. The van der Waals surface area contributed by atoms with Crippen LogP contribution in [0.5, 0.6) is 0 Å². The molecule has 1 N–H and O–H groups in total. The Hall–Kier alpha value is -1.63. The van der Waals surface area contributed by atoms with Gasteiger partial charge >= 0.3 is 5.97 Å². The molecule has 0 aliphatic carbocycles. The molecule has 0 bridgehead atoms. The molecule has 2 aliphatic heterocycles. The van der Waals surface area contributed by atoms with E-state index in [0.717, 1.165) is 25.9 Å². The third kappa shape index (κ3) is 5.47. The van der Waals surface area contributed by atoms with Crippen LogP contribution in [0.25, 0.3) is 0 Å². The summed E-state index contributed by atoms with van der Waals surface area (Å²) in [4.78, 5) is 40.4. The lowest BCUT2D eigenvalue weighted by Crippen LogP contribution is -2.59. The van der Waals surface area contributed by atoms with E-state index in [1.54, 1.807) is 4.90 Å². The Morgan fingerprint density at radius 1 is 1.21 bits per heavy atom. The van der Waals surface area contributed by atoms with Crippen LogP contribution in [0.4, 0.5) is 0 Å². The van der Waals surface area contributed by atoms with Crippen LogP contribution in [0, 0.1) is 5.92 Å². The first-order chi connectivity index (χ1) is 11.5. The summed E-state index contributed by atoms with van der Waals surface area (Å²) < 4.78 is 5.17. The van der Waals surface area contributed by atoms with Crippen molar-refractivity contribution in [2.75, 3.05) is 39.3 Å². The molecule has 0 aromatic rings. The fourth-order valence-corrected chi connectivity index (χ4v) is 3.09. The number of hydrogen-bond acceptors (Lipinski definition) is 5. The summed E-state index contributed by atoms with van der Waals surface area (Å²) >= 11 is 0. The van der Waals surface area contributed by atoms with Crippen molar-refractivity contribution >= 4 is 17.8 Å². The van der Waals surface area contributed by atoms with Gasteiger partial charge in [0.1, 0.15) is 6.04 Å². The molecular formula is C17H29N3O4. The van der Waals surface area contributed by atoms with Crippen LogP contribution in [0.1, 0.15) is 39.5 Å². The maximum Gasteiger partial charge on any atom is 0.308 e. The zero-order chi connectivity index (χ0) is 17.5. The SMILES string of the molecule is CC(C)COC(=O)CC1C(=O)NCCN1C(=O)CN1CCCCC1. The molecule has 2 amide bonds. The molecule has 2 fully saturated rings. The number of hydrogen-bond donors (Lipinski definition) is 1. The first-order valence-corrected chi connectivity index (χ1v) is 8.92. The number of ether oxygens (including phenoxy) is 1. The van der Waals surface area contributed by atoms with E-state index in [4.69, 9.17) is 4.74 Å². The standard InChI is InChI=1S/C17H29N3O4/c1-13(2)12-24-16(22)10-14-17(23)18-6-9-20(14)15(21)11-19-7-4-3-5-8-19/h13-14H,3-12H2,1-2H3,(H,18,23). The number of piperazine rings is 1. The molecule has 7 heteroatoms. The molecule has 24 heavy (non-hydrogen) atoms. The van der Waals surface area contributed by atoms with Gasteiger partial charge in [-0.2, -0.15) is 0 Å². The molecule has 2 heterocycles. The molecule has 0 saturated carbocycles. The van der Waals surface area contributed by atoms with Gasteiger partial charge in [0.2, 0.25) is 11.8 Å². The largest absolute Gasteiger partial charge is 0.465 e. The summed E-state index contributed by atoms with van der Waals surface area (Å²) in [6.45, 7) is 7.28. The summed E-state index contributed by atoms with van der Waals surface area (Å²) in [6.07, 6.45) is 3.35. The van der Waals surface area contributed by atoms with Gasteiger partial charge in [0, 0.05) is 13.1 Å². The highest BCUT2D eigenvalue weighted by Gasteiger charge is 2.35.